The molecule has 0 bridgehead atoms. The van der Waals surface area contributed by atoms with Crippen molar-refractivity contribution in [3.05, 3.63) is 70.5 Å². The first kappa shape index (κ1) is 21.4. The van der Waals surface area contributed by atoms with Crippen molar-refractivity contribution in [1.29, 1.82) is 0 Å². The second-order valence-corrected chi connectivity index (χ2v) is 8.71. The molecule has 1 aliphatic heterocycles. The van der Waals surface area contributed by atoms with E-state index in [9.17, 15) is 4.79 Å². The Morgan fingerprint density at radius 3 is 2.45 bits per heavy atom. The number of carbonyl (C=O) groups excluding carboxylic acids is 1. The van der Waals surface area contributed by atoms with Crippen molar-refractivity contribution in [3.63, 3.8) is 0 Å². The van der Waals surface area contributed by atoms with Gasteiger partial charge in [0.15, 0.2) is 11.5 Å². The number of hydrogen-bond acceptors (Lipinski definition) is 5. The quantitative estimate of drug-likeness (QED) is 0.649. The fourth-order valence-electron chi connectivity index (χ4n) is 5.27. The summed E-state index contributed by atoms with van der Waals surface area (Å²) >= 11 is 0. The summed E-state index contributed by atoms with van der Waals surface area (Å²) in [6, 6.07) is 12.4. The van der Waals surface area contributed by atoms with Gasteiger partial charge in [-0.05, 0) is 75.2 Å². The number of benzene rings is 2. The first-order chi connectivity index (χ1) is 14.9. The molecule has 5 nitrogen and oxygen atoms in total. The van der Waals surface area contributed by atoms with Gasteiger partial charge in [-0.15, -0.1) is 0 Å². The second kappa shape index (κ2) is 8.39. The monoisotopic (exact) mass is 421 g/mol. The van der Waals surface area contributed by atoms with Crippen molar-refractivity contribution in [2.75, 3.05) is 27.8 Å². The third-order valence-electron chi connectivity index (χ3n) is 7.04. The van der Waals surface area contributed by atoms with Gasteiger partial charge in [-0.25, -0.2) is 4.79 Å². The topological polar surface area (TPSA) is 48.0 Å². The molecule has 164 valence electrons. The molecule has 0 aromatic heterocycles. The molecule has 31 heavy (non-hydrogen) atoms. The molecule has 1 aliphatic carbocycles. The number of fused-ring (bicyclic) bond motifs is 1. The maximum absolute atomic E-state index is 12.9. The van der Waals surface area contributed by atoms with E-state index in [2.05, 4.69) is 30.2 Å². The molecule has 0 radical (unpaired) electrons. The maximum atomic E-state index is 12.9. The van der Waals surface area contributed by atoms with Gasteiger partial charge in [0, 0.05) is 17.9 Å². The Labute approximate surface area is 184 Å². The standard InChI is InChI=1S/C26H31NO4/c1-17-7-6-8-18(2)24(17)25(28)31-20-11-12-26(13-14-27(3)23(26)16-20)19-9-10-21(29-4)22(15-19)30-5/h6-11,15,23H,12-14,16H2,1-5H3/t23-,26-/m0/s1. The second-order valence-electron chi connectivity index (χ2n) is 8.71. The number of hydrogen-bond donors (Lipinski definition) is 0. The molecule has 0 amide bonds. The van der Waals surface area contributed by atoms with Crippen LogP contribution in [0.4, 0.5) is 0 Å². The number of aryl methyl sites for hydroxylation is 2. The van der Waals surface area contributed by atoms with E-state index in [4.69, 9.17) is 14.2 Å². The van der Waals surface area contributed by atoms with Crippen LogP contribution in [0.1, 0.15) is 46.3 Å². The van der Waals surface area contributed by atoms with Gasteiger partial charge in [-0.3, -0.25) is 0 Å². The van der Waals surface area contributed by atoms with Crippen LogP contribution in [0.15, 0.2) is 48.2 Å². The Bertz CT molecular complexity index is 1010. The van der Waals surface area contributed by atoms with Crippen LogP contribution in [0.2, 0.25) is 0 Å². The molecule has 4 rings (SSSR count). The molecule has 2 atom stereocenters. The largest absolute Gasteiger partial charge is 0.493 e. The third-order valence-corrected chi connectivity index (χ3v) is 7.04. The number of methoxy groups -OCH3 is 2. The first-order valence-electron chi connectivity index (χ1n) is 10.8. The Hall–Kier alpha value is -2.79. The number of likely N-dealkylation sites (tertiary alicyclic amines) is 1. The number of carbonyl (C=O) groups is 1. The first-order valence-corrected chi connectivity index (χ1v) is 10.8. The number of ether oxygens (including phenoxy) is 3. The molecule has 0 unspecified atom stereocenters. The molecular formula is C26H31NO4. The summed E-state index contributed by atoms with van der Waals surface area (Å²) in [6.45, 7) is 4.91. The van der Waals surface area contributed by atoms with Crippen molar-refractivity contribution in [3.8, 4) is 11.5 Å². The van der Waals surface area contributed by atoms with E-state index in [1.54, 1.807) is 14.2 Å². The Balaban J connectivity index is 1.62. The molecule has 0 saturated carbocycles. The van der Waals surface area contributed by atoms with E-state index in [-0.39, 0.29) is 17.4 Å². The highest BCUT2D eigenvalue weighted by molar-refractivity contribution is 5.93. The van der Waals surface area contributed by atoms with E-state index in [1.165, 1.54) is 5.56 Å². The van der Waals surface area contributed by atoms with Crippen LogP contribution in [0, 0.1) is 13.8 Å². The summed E-state index contributed by atoms with van der Waals surface area (Å²) in [5.74, 6) is 1.99. The zero-order chi connectivity index (χ0) is 22.2. The number of esters is 1. The van der Waals surface area contributed by atoms with E-state index >= 15 is 0 Å². The number of nitrogens with zero attached hydrogens (tertiary/aromatic N) is 1. The fraction of sp³-hybridized carbons (Fsp3) is 0.423. The molecular weight excluding hydrogens is 390 g/mol. The van der Waals surface area contributed by atoms with Crippen LogP contribution in [-0.4, -0.2) is 44.7 Å². The summed E-state index contributed by atoms with van der Waals surface area (Å²) < 4.78 is 16.9. The van der Waals surface area contributed by atoms with E-state index < -0.39 is 0 Å². The van der Waals surface area contributed by atoms with Gasteiger partial charge in [-0.2, -0.15) is 0 Å². The Morgan fingerprint density at radius 2 is 1.77 bits per heavy atom. The zero-order valence-corrected chi connectivity index (χ0v) is 19.0. The average Bonchev–Trinajstić information content (AvgIpc) is 3.10. The fourth-order valence-corrected chi connectivity index (χ4v) is 5.27. The Morgan fingerprint density at radius 1 is 1.06 bits per heavy atom. The van der Waals surface area contributed by atoms with Gasteiger partial charge >= 0.3 is 5.97 Å². The maximum Gasteiger partial charge on any atom is 0.343 e. The highest BCUT2D eigenvalue weighted by atomic mass is 16.5. The minimum atomic E-state index is -0.263. The SMILES string of the molecule is COc1ccc([C@@]23CC=C(OC(=O)c4c(C)cccc4C)C[C@@H]2N(C)CC3)cc1OC. The third kappa shape index (κ3) is 3.72. The molecule has 1 heterocycles. The average molecular weight is 422 g/mol. The van der Waals surface area contributed by atoms with Gasteiger partial charge in [-0.1, -0.05) is 24.3 Å². The van der Waals surface area contributed by atoms with Gasteiger partial charge in [0.2, 0.25) is 0 Å². The van der Waals surface area contributed by atoms with Crippen molar-refractivity contribution < 1.29 is 19.0 Å². The van der Waals surface area contributed by atoms with E-state index in [0.29, 0.717) is 12.0 Å². The van der Waals surface area contributed by atoms with Crippen LogP contribution in [0.25, 0.3) is 0 Å². The lowest BCUT2D eigenvalue weighted by molar-refractivity contribution is 0.0578. The van der Waals surface area contributed by atoms with Crippen LogP contribution < -0.4 is 9.47 Å². The van der Waals surface area contributed by atoms with Crippen LogP contribution in [0.5, 0.6) is 11.5 Å². The van der Waals surface area contributed by atoms with Gasteiger partial charge in [0.05, 0.1) is 19.8 Å². The van der Waals surface area contributed by atoms with Crippen LogP contribution in [-0.2, 0) is 10.2 Å². The van der Waals surface area contributed by atoms with Crippen molar-refractivity contribution in [1.82, 2.24) is 4.90 Å². The smallest absolute Gasteiger partial charge is 0.343 e. The number of likely N-dealkylation sites (N-methyl/N-ethyl adjacent to an activating group) is 1. The Kier molecular flexibility index (Phi) is 5.80. The van der Waals surface area contributed by atoms with Crippen LogP contribution in [0.3, 0.4) is 0 Å². The predicted octanol–water partition coefficient (Wildman–Crippen LogP) is 4.80. The molecule has 1 saturated heterocycles. The molecule has 2 aromatic rings. The summed E-state index contributed by atoms with van der Waals surface area (Å²) in [7, 11) is 5.48. The highest BCUT2D eigenvalue weighted by Gasteiger charge is 2.49. The van der Waals surface area contributed by atoms with Crippen molar-refractivity contribution in [2.45, 2.75) is 44.6 Å². The van der Waals surface area contributed by atoms with Crippen LogP contribution >= 0.6 is 0 Å². The lowest BCUT2D eigenvalue weighted by Gasteiger charge is -2.40. The molecule has 5 heteroatoms. The van der Waals surface area contributed by atoms with Gasteiger partial charge in [0.1, 0.15) is 5.76 Å². The summed E-state index contributed by atoms with van der Waals surface area (Å²) in [6.07, 6.45) is 4.70. The highest BCUT2D eigenvalue weighted by Crippen LogP contribution is 2.49. The summed E-state index contributed by atoms with van der Waals surface area (Å²) in [5, 5.41) is 0. The van der Waals surface area contributed by atoms with E-state index in [0.717, 1.165) is 47.8 Å². The summed E-state index contributed by atoms with van der Waals surface area (Å²) in [5.41, 5.74) is 3.77. The zero-order valence-electron chi connectivity index (χ0n) is 19.0. The molecule has 1 fully saturated rings. The molecule has 0 N–H and O–H groups in total. The van der Waals surface area contributed by atoms with Crippen molar-refractivity contribution >= 4 is 5.97 Å². The number of allylic oxidation sites excluding steroid dienone is 1. The van der Waals surface area contributed by atoms with Crippen molar-refractivity contribution in [2.24, 2.45) is 0 Å². The molecule has 2 aliphatic rings. The molecule has 0 spiro atoms. The minimum Gasteiger partial charge on any atom is -0.493 e. The summed E-state index contributed by atoms with van der Waals surface area (Å²) in [4.78, 5) is 15.3. The van der Waals surface area contributed by atoms with Gasteiger partial charge in [0.25, 0.3) is 0 Å². The lowest BCUT2D eigenvalue weighted by Crippen LogP contribution is -2.43. The van der Waals surface area contributed by atoms with Gasteiger partial charge < -0.3 is 19.1 Å². The minimum absolute atomic E-state index is 0.0250. The normalized spacial score (nSPS) is 23.1. The lowest BCUT2D eigenvalue weighted by atomic mass is 9.68. The molecule has 2 aromatic carbocycles. The van der Waals surface area contributed by atoms with E-state index in [1.807, 2.05) is 38.1 Å². The predicted molar refractivity (Wildman–Crippen MR) is 121 cm³/mol. The number of rotatable bonds is 5.